The summed E-state index contributed by atoms with van der Waals surface area (Å²) in [5.74, 6) is 0.0437. The topological polar surface area (TPSA) is 108 Å². The molecule has 7 nitrogen and oxygen atoms in total. The number of aromatic nitrogens is 3. The van der Waals surface area contributed by atoms with Gasteiger partial charge in [-0.05, 0) is 24.6 Å². The molecule has 2 rings (SSSR count). The smallest absolute Gasteiger partial charge is 0.312 e. The van der Waals surface area contributed by atoms with Crippen molar-refractivity contribution in [1.29, 1.82) is 0 Å². The molecular formula is C11H11N5O2. The summed E-state index contributed by atoms with van der Waals surface area (Å²) >= 11 is 0. The van der Waals surface area contributed by atoms with E-state index in [4.69, 9.17) is 5.73 Å². The molecule has 0 aliphatic rings. The van der Waals surface area contributed by atoms with Gasteiger partial charge >= 0.3 is 5.69 Å². The molecule has 2 N–H and O–H groups in total. The van der Waals surface area contributed by atoms with Gasteiger partial charge in [-0.15, -0.1) is 0 Å². The lowest BCUT2D eigenvalue weighted by Crippen LogP contribution is -2.07. The van der Waals surface area contributed by atoms with Gasteiger partial charge in [0.25, 0.3) is 0 Å². The molecule has 0 amide bonds. The van der Waals surface area contributed by atoms with Gasteiger partial charge in [0.1, 0.15) is 11.4 Å². The van der Waals surface area contributed by atoms with Crippen LogP contribution in [-0.2, 0) is 6.42 Å². The van der Waals surface area contributed by atoms with Crippen LogP contribution in [0.25, 0.3) is 0 Å². The molecule has 92 valence electrons. The minimum atomic E-state index is -0.481. The van der Waals surface area contributed by atoms with E-state index in [-0.39, 0.29) is 17.3 Å². The lowest BCUT2D eigenvalue weighted by Gasteiger charge is -2.05. The zero-order valence-corrected chi connectivity index (χ0v) is 9.70. The zero-order chi connectivity index (χ0) is 13.1. The number of aryl methyl sites for hydroxylation is 1. The van der Waals surface area contributed by atoms with Gasteiger partial charge < -0.3 is 5.73 Å². The highest BCUT2D eigenvalue weighted by atomic mass is 16.6. The summed E-state index contributed by atoms with van der Waals surface area (Å²) in [7, 11) is 0. The Morgan fingerprint density at radius 3 is 2.61 bits per heavy atom. The Morgan fingerprint density at radius 1 is 1.33 bits per heavy atom. The van der Waals surface area contributed by atoms with Crippen molar-refractivity contribution >= 4 is 11.6 Å². The van der Waals surface area contributed by atoms with E-state index >= 15 is 0 Å². The van der Waals surface area contributed by atoms with Crippen LogP contribution in [0.15, 0.2) is 24.5 Å². The maximum Gasteiger partial charge on any atom is 0.312 e. The molecule has 0 atom stereocenters. The van der Waals surface area contributed by atoms with E-state index < -0.39 is 4.92 Å². The Balaban J connectivity index is 2.46. The van der Waals surface area contributed by atoms with Gasteiger partial charge in [-0.1, -0.05) is 0 Å². The maximum absolute atomic E-state index is 11.0. The van der Waals surface area contributed by atoms with Gasteiger partial charge in [0, 0.05) is 18.8 Å². The van der Waals surface area contributed by atoms with E-state index in [9.17, 15) is 10.1 Å². The fourth-order valence-electron chi connectivity index (χ4n) is 1.70. The predicted molar refractivity (Wildman–Crippen MR) is 64.9 cm³/mol. The average molecular weight is 245 g/mol. The van der Waals surface area contributed by atoms with E-state index in [1.54, 1.807) is 31.5 Å². The molecule has 0 saturated heterocycles. The molecule has 0 aliphatic carbocycles. The third-order valence-electron chi connectivity index (χ3n) is 2.45. The summed E-state index contributed by atoms with van der Waals surface area (Å²) in [5, 5.41) is 11.0. The van der Waals surface area contributed by atoms with Gasteiger partial charge in [-0.2, -0.15) is 0 Å². The van der Waals surface area contributed by atoms with E-state index in [1.807, 2.05) is 0 Å². The number of nitrogens with zero attached hydrogens (tertiary/aromatic N) is 4. The zero-order valence-electron chi connectivity index (χ0n) is 9.70. The molecule has 0 aromatic carbocycles. The van der Waals surface area contributed by atoms with Crippen LogP contribution in [0.1, 0.15) is 17.0 Å². The molecule has 0 aliphatic heterocycles. The number of nitrogens with two attached hydrogens (primary N) is 1. The third-order valence-corrected chi connectivity index (χ3v) is 2.45. The fourth-order valence-corrected chi connectivity index (χ4v) is 1.70. The summed E-state index contributed by atoms with van der Waals surface area (Å²) in [6, 6.07) is 3.55. The number of rotatable bonds is 3. The van der Waals surface area contributed by atoms with Gasteiger partial charge in [-0.25, -0.2) is 9.97 Å². The summed E-state index contributed by atoms with van der Waals surface area (Å²) in [5.41, 5.74) is 6.91. The lowest BCUT2D eigenvalue weighted by molar-refractivity contribution is -0.386. The molecule has 2 aromatic rings. The van der Waals surface area contributed by atoms with Crippen LogP contribution in [0.5, 0.6) is 0 Å². The minimum Gasteiger partial charge on any atom is -0.368 e. The third kappa shape index (κ3) is 2.40. The lowest BCUT2D eigenvalue weighted by atomic mass is 10.1. The van der Waals surface area contributed by atoms with E-state index in [1.165, 1.54) is 0 Å². The molecule has 0 bridgehead atoms. The average Bonchev–Trinajstić information content (AvgIpc) is 2.28. The van der Waals surface area contributed by atoms with Crippen molar-refractivity contribution in [3.05, 3.63) is 51.6 Å². The number of pyridine rings is 1. The SMILES string of the molecule is Cc1nc(N)nc(Cc2ccncc2)c1[N+](=O)[O-]. The molecule has 2 heterocycles. The first kappa shape index (κ1) is 11.9. The number of nitro groups is 1. The van der Waals surface area contributed by atoms with Crippen LogP contribution < -0.4 is 5.73 Å². The van der Waals surface area contributed by atoms with E-state index in [0.717, 1.165) is 5.56 Å². The number of hydrogen-bond donors (Lipinski definition) is 1. The Hall–Kier alpha value is -2.57. The highest BCUT2D eigenvalue weighted by Crippen LogP contribution is 2.23. The molecule has 0 unspecified atom stereocenters. The first-order chi connectivity index (χ1) is 8.58. The molecule has 18 heavy (non-hydrogen) atoms. The van der Waals surface area contributed by atoms with Crippen LogP contribution in [0.3, 0.4) is 0 Å². The first-order valence-electron chi connectivity index (χ1n) is 5.24. The standard InChI is InChI=1S/C11H11N5O2/c1-7-10(16(17)18)9(15-11(12)14-7)6-8-2-4-13-5-3-8/h2-5H,6H2,1H3,(H2,12,14,15). The van der Waals surface area contributed by atoms with Crippen LogP contribution >= 0.6 is 0 Å². The van der Waals surface area contributed by atoms with Crippen LogP contribution in [0.4, 0.5) is 11.6 Å². The van der Waals surface area contributed by atoms with Crippen molar-refractivity contribution in [2.24, 2.45) is 0 Å². The molecular weight excluding hydrogens is 234 g/mol. The second-order valence-corrected chi connectivity index (χ2v) is 3.75. The van der Waals surface area contributed by atoms with E-state index in [2.05, 4.69) is 15.0 Å². The van der Waals surface area contributed by atoms with Crippen molar-refractivity contribution in [3.8, 4) is 0 Å². The largest absolute Gasteiger partial charge is 0.368 e. The van der Waals surface area contributed by atoms with Crippen molar-refractivity contribution in [2.75, 3.05) is 5.73 Å². The van der Waals surface area contributed by atoms with Crippen molar-refractivity contribution < 1.29 is 4.92 Å². The van der Waals surface area contributed by atoms with Gasteiger partial charge in [0.05, 0.1) is 4.92 Å². The molecule has 0 saturated carbocycles. The molecule has 0 radical (unpaired) electrons. The van der Waals surface area contributed by atoms with Gasteiger partial charge in [0.15, 0.2) is 0 Å². The highest BCUT2D eigenvalue weighted by Gasteiger charge is 2.21. The second kappa shape index (κ2) is 4.74. The monoisotopic (exact) mass is 245 g/mol. The second-order valence-electron chi connectivity index (χ2n) is 3.75. The Labute approximate surface area is 103 Å². The Bertz CT molecular complexity index is 585. The summed E-state index contributed by atoms with van der Waals surface area (Å²) in [6.07, 6.45) is 3.57. The van der Waals surface area contributed by atoms with Crippen LogP contribution in [0.2, 0.25) is 0 Å². The van der Waals surface area contributed by atoms with Crippen LogP contribution in [0, 0.1) is 17.0 Å². The summed E-state index contributed by atoms with van der Waals surface area (Å²) < 4.78 is 0. The van der Waals surface area contributed by atoms with Crippen LogP contribution in [-0.4, -0.2) is 19.9 Å². The molecule has 7 heteroatoms. The molecule has 2 aromatic heterocycles. The summed E-state index contributed by atoms with van der Waals surface area (Å²) in [6.45, 7) is 1.55. The van der Waals surface area contributed by atoms with Crippen molar-refractivity contribution in [2.45, 2.75) is 13.3 Å². The molecule has 0 spiro atoms. The molecule has 0 fully saturated rings. The number of nitrogen functional groups attached to an aromatic ring is 1. The minimum absolute atomic E-state index is 0.0437. The maximum atomic E-state index is 11.0. The Morgan fingerprint density at radius 2 is 2.00 bits per heavy atom. The normalized spacial score (nSPS) is 10.3. The van der Waals surface area contributed by atoms with Crippen molar-refractivity contribution in [3.63, 3.8) is 0 Å². The fraction of sp³-hybridized carbons (Fsp3) is 0.182. The number of anilines is 1. The van der Waals surface area contributed by atoms with E-state index in [0.29, 0.717) is 12.1 Å². The predicted octanol–water partition coefficient (Wildman–Crippen LogP) is 1.26. The summed E-state index contributed by atoms with van der Waals surface area (Å²) in [4.78, 5) is 22.2. The quantitative estimate of drug-likeness (QED) is 0.644. The van der Waals surface area contributed by atoms with Gasteiger partial charge in [-0.3, -0.25) is 15.1 Å². The van der Waals surface area contributed by atoms with Crippen molar-refractivity contribution in [1.82, 2.24) is 15.0 Å². The Kier molecular flexibility index (Phi) is 3.13. The highest BCUT2D eigenvalue weighted by molar-refractivity contribution is 5.45. The first-order valence-corrected chi connectivity index (χ1v) is 5.24. The van der Waals surface area contributed by atoms with Gasteiger partial charge in [0.2, 0.25) is 5.95 Å². The number of hydrogen-bond acceptors (Lipinski definition) is 6.